The Morgan fingerprint density at radius 1 is 1.19 bits per heavy atom. The molecule has 0 aliphatic carbocycles. The Hall–Kier alpha value is -2.59. The van der Waals surface area contributed by atoms with Crippen molar-refractivity contribution < 1.29 is 31.9 Å². The van der Waals surface area contributed by atoms with Crippen LogP contribution in [0.2, 0.25) is 0 Å². The fourth-order valence-electron chi connectivity index (χ4n) is 2.47. The number of hydrogen-bond acceptors (Lipinski definition) is 7. The number of carbonyl (C=O) groups excluding carboxylic acids is 2. The molecule has 10 heteroatoms. The maximum atomic E-state index is 12.6. The Morgan fingerprint density at radius 3 is 2.44 bits per heavy atom. The van der Waals surface area contributed by atoms with E-state index in [2.05, 4.69) is 4.74 Å². The van der Waals surface area contributed by atoms with E-state index in [4.69, 9.17) is 9.15 Å². The molecule has 27 heavy (non-hydrogen) atoms. The number of furan rings is 1. The standard InChI is InChI=1S/C17H22N2O7S/c1-5-19(6-2)27(22,23)13-9-14(18(3)10-13)16(20)25-11-12-7-8-15(26-12)17(21)24-4/h7-10H,5-6,11H2,1-4H3. The van der Waals surface area contributed by atoms with Crippen LogP contribution in [-0.4, -0.2) is 49.4 Å². The van der Waals surface area contributed by atoms with Crippen molar-refractivity contribution in [3.05, 3.63) is 41.6 Å². The molecule has 0 amide bonds. The number of aromatic nitrogens is 1. The van der Waals surface area contributed by atoms with E-state index < -0.39 is 22.0 Å². The Bertz CT molecular complexity index is 923. The third kappa shape index (κ3) is 4.40. The molecule has 0 saturated heterocycles. The molecule has 2 aromatic rings. The summed E-state index contributed by atoms with van der Waals surface area (Å²) < 4.78 is 42.7. The lowest BCUT2D eigenvalue weighted by Gasteiger charge is -2.17. The summed E-state index contributed by atoms with van der Waals surface area (Å²) in [4.78, 5) is 23.7. The van der Waals surface area contributed by atoms with Gasteiger partial charge < -0.3 is 18.5 Å². The van der Waals surface area contributed by atoms with Gasteiger partial charge >= 0.3 is 11.9 Å². The highest BCUT2D eigenvalue weighted by molar-refractivity contribution is 7.89. The van der Waals surface area contributed by atoms with Crippen LogP contribution in [0, 0.1) is 0 Å². The van der Waals surface area contributed by atoms with Crippen LogP contribution in [0.25, 0.3) is 0 Å². The highest BCUT2D eigenvalue weighted by Gasteiger charge is 2.26. The zero-order chi connectivity index (χ0) is 20.2. The van der Waals surface area contributed by atoms with Gasteiger partial charge in [-0.05, 0) is 18.2 Å². The van der Waals surface area contributed by atoms with Crippen molar-refractivity contribution in [3.63, 3.8) is 0 Å². The molecule has 0 saturated carbocycles. The third-order valence-corrected chi connectivity index (χ3v) is 5.94. The summed E-state index contributed by atoms with van der Waals surface area (Å²) in [6, 6.07) is 4.17. The Morgan fingerprint density at radius 2 is 1.85 bits per heavy atom. The summed E-state index contributed by atoms with van der Waals surface area (Å²) in [5.41, 5.74) is 0.0838. The van der Waals surface area contributed by atoms with Gasteiger partial charge in [0.05, 0.1) is 7.11 Å². The van der Waals surface area contributed by atoms with Crippen molar-refractivity contribution in [1.82, 2.24) is 8.87 Å². The van der Waals surface area contributed by atoms with E-state index in [1.54, 1.807) is 20.9 Å². The number of methoxy groups -OCH3 is 1. The second kappa shape index (κ2) is 8.40. The van der Waals surface area contributed by atoms with Gasteiger partial charge in [-0.3, -0.25) is 0 Å². The van der Waals surface area contributed by atoms with E-state index in [1.165, 1.54) is 40.4 Å². The Kier molecular flexibility index (Phi) is 6.45. The molecule has 0 N–H and O–H groups in total. The average molecular weight is 398 g/mol. The van der Waals surface area contributed by atoms with E-state index in [9.17, 15) is 18.0 Å². The predicted octanol–water partition coefficient (Wildman–Crippen LogP) is 1.79. The molecular formula is C17H22N2O7S. The van der Waals surface area contributed by atoms with Crippen molar-refractivity contribution in [1.29, 1.82) is 0 Å². The molecule has 0 spiro atoms. The van der Waals surface area contributed by atoms with Crippen LogP contribution >= 0.6 is 0 Å². The summed E-state index contributed by atoms with van der Waals surface area (Å²) in [6.45, 7) is 3.93. The van der Waals surface area contributed by atoms with Gasteiger partial charge in [-0.2, -0.15) is 4.31 Å². The molecule has 148 valence electrons. The Balaban J connectivity index is 2.12. The molecule has 0 bridgehead atoms. The van der Waals surface area contributed by atoms with Crippen molar-refractivity contribution >= 4 is 22.0 Å². The molecule has 0 unspecified atom stereocenters. The fraction of sp³-hybridized carbons (Fsp3) is 0.412. The van der Waals surface area contributed by atoms with Gasteiger partial charge in [0, 0.05) is 26.3 Å². The van der Waals surface area contributed by atoms with Crippen LogP contribution in [0.5, 0.6) is 0 Å². The maximum Gasteiger partial charge on any atom is 0.373 e. The van der Waals surface area contributed by atoms with E-state index in [1.807, 2.05) is 0 Å². The monoisotopic (exact) mass is 398 g/mol. The van der Waals surface area contributed by atoms with Crippen molar-refractivity contribution in [2.75, 3.05) is 20.2 Å². The molecule has 0 radical (unpaired) electrons. The van der Waals surface area contributed by atoms with E-state index >= 15 is 0 Å². The first kappa shape index (κ1) is 20.7. The van der Waals surface area contributed by atoms with Crippen LogP contribution in [0.1, 0.15) is 40.7 Å². The summed E-state index contributed by atoms with van der Waals surface area (Å²) in [5.74, 6) is -1.10. The fourth-order valence-corrected chi connectivity index (χ4v) is 4.00. The zero-order valence-corrected chi connectivity index (χ0v) is 16.4. The van der Waals surface area contributed by atoms with E-state index in [0.29, 0.717) is 13.1 Å². The van der Waals surface area contributed by atoms with Crippen molar-refractivity contribution in [2.24, 2.45) is 7.05 Å². The molecule has 2 heterocycles. The number of hydrogen-bond donors (Lipinski definition) is 0. The van der Waals surface area contributed by atoms with E-state index in [-0.39, 0.29) is 28.7 Å². The number of esters is 2. The highest BCUT2D eigenvalue weighted by Crippen LogP contribution is 2.19. The third-order valence-electron chi connectivity index (χ3n) is 3.93. The lowest BCUT2D eigenvalue weighted by Crippen LogP contribution is -2.30. The molecule has 0 atom stereocenters. The molecule has 9 nitrogen and oxygen atoms in total. The van der Waals surface area contributed by atoms with Gasteiger partial charge in [0.25, 0.3) is 0 Å². The minimum Gasteiger partial charge on any atom is -0.463 e. The Labute approximate surface area is 157 Å². The average Bonchev–Trinajstić information content (AvgIpc) is 3.27. The topological polar surface area (TPSA) is 108 Å². The summed E-state index contributed by atoms with van der Waals surface area (Å²) >= 11 is 0. The SMILES string of the molecule is CCN(CC)S(=O)(=O)c1cc(C(=O)OCc2ccc(C(=O)OC)o2)n(C)c1. The predicted molar refractivity (Wildman–Crippen MR) is 94.7 cm³/mol. The van der Waals surface area contributed by atoms with E-state index in [0.717, 1.165) is 0 Å². The van der Waals surface area contributed by atoms with Crippen molar-refractivity contribution in [2.45, 2.75) is 25.3 Å². The van der Waals surface area contributed by atoms with Gasteiger partial charge in [-0.25, -0.2) is 18.0 Å². The highest BCUT2D eigenvalue weighted by atomic mass is 32.2. The maximum absolute atomic E-state index is 12.6. The number of carbonyl (C=O) groups is 2. The minimum absolute atomic E-state index is 0.00461. The lowest BCUT2D eigenvalue weighted by atomic mass is 10.4. The summed E-state index contributed by atoms with van der Waals surface area (Å²) in [7, 11) is -0.896. The minimum atomic E-state index is -3.68. The van der Waals surface area contributed by atoms with Crippen LogP contribution < -0.4 is 0 Å². The number of nitrogens with zero attached hydrogens (tertiary/aromatic N) is 2. The smallest absolute Gasteiger partial charge is 0.373 e. The number of rotatable bonds is 8. The number of aryl methyl sites for hydroxylation is 1. The molecule has 2 aromatic heterocycles. The van der Waals surface area contributed by atoms with Crippen LogP contribution in [0.3, 0.4) is 0 Å². The first-order chi connectivity index (χ1) is 12.7. The molecule has 0 aliphatic heterocycles. The second-order valence-corrected chi connectivity index (χ2v) is 7.53. The number of sulfonamides is 1. The second-order valence-electron chi connectivity index (χ2n) is 5.59. The normalized spacial score (nSPS) is 11.6. The largest absolute Gasteiger partial charge is 0.463 e. The summed E-state index contributed by atoms with van der Waals surface area (Å²) in [5, 5.41) is 0. The van der Waals surface area contributed by atoms with Gasteiger partial charge in [-0.15, -0.1) is 0 Å². The van der Waals surface area contributed by atoms with Gasteiger partial charge in [-0.1, -0.05) is 13.8 Å². The van der Waals surface area contributed by atoms with Gasteiger partial charge in [0.1, 0.15) is 23.0 Å². The molecule has 0 aromatic carbocycles. The molecule has 0 aliphatic rings. The molecule has 0 fully saturated rings. The van der Waals surface area contributed by atoms with Gasteiger partial charge in [0.15, 0.2) is 0 Å². The number of ether oxygens (including phenoxy) is 2. The lowest BCUT2D eigenvalue weighted by molar-refractivity contribution is 0.0427. The van der Waals surface area contributed by atoms with Crippen molar-refractivity contribution in [3.8, 4) is 0 Å². The molecular weight excluding hydrogens is 376 g/mol. The molecule has 2 rings (SSSR count). The van der Waals surface area contributed by atoms with Crippen LogP contribution in [-0.2, 0) is 33.2 Å². The first-order valence-corrected chi connectivity index (χ1v) is 9.69. The van der Waals surface area contributed by atoms with Crippen LogP contribution in [0.4, 0.5) is 0 Å². The quantitative estimate of drug-likeness (QED) is 0.624. The first-order valence-electron chi connectivity index (χ1n) is 8.25. The summed E-state index contributed by atoms with van der Waals surface area (Å²) in [6.07, 6.45) is 1.37. The van der Waals surface area contributed by atoms with Gasteiger partial charge in [0.2, 0.25) is 15.8 Å². The van der Waals surface area contributed by atoms with Crippen LogP contribution in [0.15, 0.2) is 33.7 Å². The zero-order valence-electron chi connectivity index (χ0n) is 15.6.